The molecule has 1 saturated carbocycles. The van der Waals surface area contributed by atoms with Crippen molar-refractivity contribution in [1.82, 2.24) is 5.32 Å². The van der Waals surface area contributed by atoms with Crippen LogP contribution in [0.5, 0.6) is 11.5 Å². The third-order valence-electron chi connectivity index (χ3n) is 5.97. The first-order valence-corrected chi connectivity index (χ1v) is 11.3. The third-order valence-corrected chi connectivity index (χ3v) is 5.97. The Balaban J connectivity index is 1.75. The summed E-state index contributed by atoms with van der Waals surface area (Å²) in [7, 11) is 1.48. The van der Waals surface area contributed by atoms with Gasteiger partial charge in [-0.2, -0.15) is 13.2 Å². The molecule has 0 aromatic heterocycles. The van der Waals surface area contributed by atoms with E-state index in [1.165, 1.54) is 7.11 Å². The molecule has 1 N–H and O–H groups in total. The van der Waals surface area contributed by atoms with E-state index in [1.807, 2.05) is 6.92 Å². The zero-order valence-corrected chi connectivity index (χ0v) is 19.7. The van der Waals surface area contributed by atoms with Gasteiger partial charge in [0.25, 0.3) is 0 Å². The molecule has 10 heteroatoms. The standard InChI is InChI=1S/C25H28F6N2O2/c1-4-5-16(12-32-15(2)17-10-24(27,28)11-17)20-7-6-19(9-23(20)34-3)35-14-22-21(26)8-18(13-33-22)25(29,30)31/h6-9,12,17,33H,4-5,10-11,13-14H2,1-3H3/b16-12+,32-15?. The van der Waals surface area contributed by atoms with Gasteiger partial charge in [-0.3, -0.25) is 4.99 Å². The van der Waals surface area contributed by atoms with Crippen molar-refractivity contribution in [3.63, 3.8) is 0 Å². The monoisotopic (exact) mass is 502 g/mol. The minimum Gasteiger partial charge on any atom is -0.496 e. The normalized spacial score (nSPS) is 19.2. The molecule has 0 spiro atoms. The number of rotatable bonds is 9. The molecule has 4 nitrogen and oxygen atoms in total. The molecular formula is C25H28F6N2O2. The van der Waals surface area contributed by atoms with E-state index < -0.39 is 30.0 Å². The second kappa shape index (κ2) is 10.8. The summed E-state index contributed by atoms with van der Waals surface area (Å²) in [5.41, 5.74) is 1.18. The molecule has 192 valence electrons. The molecule has 1 aromatic rings. The third kappa shape index (κ3) is 6.82. The summed E-state index contributed by atoms with van der Waals surface area (Å²) in [5.74, 6) is -3.06. The van der Waals surface area contributed by atoms with E-state index in [1.54, 1.807) is 31.3 Å². The molecule has 3 rings (SSSR count). The largest absolute Gasteiger partial charge is 0.496 e. The highest BCUT2D eigenvalue weighted by molar-refractivity contribution is 5.87. The summed E-state index contributed by atoms with van der Waals surface area (Å²) in [6, 6.07) is 4.99. The van der Waals surface area contributed by atoms with Gasteiger partial charge in [-0.05, 0) is 37.1 Å². The SMILES string of the molecule is CCC/C(=C\N=C(C)C1CC(F)(F)C1)c1ccc(OCC2=C(F)C=C(C(F)(F)F)CN2)cc1OC. The number of hydrogen-bond acceptors (Lipinski definition) is 4. The highest BCUT2D eigenvalue weighted by Gasteiger charge is 2.46. The molecule has 1 aromatic carbocycles. The van der Waals surface area contributed by atoms with E-state index in [-0.39, 0.29) is 31.1 Å². The quantitative estimate of drug-likeness (QED) is 0.292. The number of aliphatic imine (C=N–C) groups is 1. The van der Waals surface area contributed by atoms with Crippen molar-refractivity contribution >= 4 is 11.3 Å². The molecule has 1 aliphatic heterocycles. The fraction of sp³-hybridized carbons (Fsp3) is 0.480. The van der Waals surface area contributed by atoms with Gasteiger partial charge < -0.3 is 14.8 Å². The van der Waals surface area contributed by atoms with Crippen LogP contribution in [0.25, 0.3) is 5.57 Å². The van der Waals surface area contributed by atoms with Gasteiger partial charge in [0.1, 0.15) is 23.9 Å². The average Bonchev–Trinajstić information content (AvgIpc) is 2.78. The van der Waals surface area contributed by atoms with Crippen LogP contribution in [0.3, 0.4) is 0 Å². The minimum absolute atomic E-state index is 0.0843. The second-order valence-corrected chi connectivity index (χ2v) is 8.63. The van der Waals surface area contributed by atoms with Crippen molar-refractivity contribution in [2.45, 2.75) is 51.6 Å². The van der Waals surface area contributed by atoms with Gasteiger partial charge in [-0.1, -0.05) is 13.3 Å². The van der Waals surface area contributed by atoms with Crippen LogP contribution in [0.1, 0.15) is 45.1 Å². The van der Waals surface area contributed by atoms with Gasteiger partial charge in [0, 0.05) is 48.8 Å². The lowest BCUT2D eigenvalue weighted by atomic mass is 9.78. The number of halogens is 6. The van der Waals surface area contributed by atoms with Crippen molar-refractivity contribution in [3.05, 3.63) is 53.1 Å². The fourth-order valence-electron chi connectivity index (χ4n) is 3.84. The topological polar surface area (TPSA) is 42.8 Å². The summed E-state index contributed by atoms with van der Waals surface area (Å²) in [6.07, 6.45) is -1.35. The molecule has 35 heavy (non-hydrogen) atoms. The second-order valence-electron chi connectivity index (χ2n) is 8.63. The van der Waals surface area contributed by atoms with Crippen molar-refractivity contribution in [2.24, 2.45) is 10.9 Å². The van der Waals surface area contributed by atoms with E-state index >= 15 is 0 Å². The molecule has 2 aliphatic rings. The predicted molar refractivity (Wildman–Crippen MR) is 122 cm³/mol. The Bertz CT molecular complexity index is 1050. The number of nitrogens with zero attached hydrogens (tertiary/aromatic N) is 1. The van der Waals surface area contributed by atoms with Crippen molar-refractivity contribution < 1.29 is 35.8 Å². The predicted octanol–water partition coefficient (Wildman–Crippen LogP) is 6.99. The molecule has 0 radical (unpaired) electrons. The number of methoxy groups -OCH3 is 1. The molecule has 0 saturated heterocycles. The summed E-state index contributed by atoms with van der Waals surface area (Å²) in [4.78, 5) is 4.43. The van der Waals surface area contributed by atoms with E-state index in [2.05, 4.69) is 10.3 Å². The van der Waals surface area contributed by atoms with Crippen LogP contribution in [0.2, 0.25) is 0 Å². The number of nitrogens with one attached hydrogen (secondary N) is 1. The smallest absolute Gasteiger partial charge is 0.414 e. The van der Waals surface area contributed by atoms with Crippen LogP contribution in [0.4, 0.5) is 26.3 Å². The number of alkyl halides is 5. The number of benzene rings is 1. The maximum Gasteiger partial charge on any atom is 0.414 e. The maximum absolute atomic E-state index is 14.1. The lowest BCUT2D eigenvalue weighted by Crippen LogP contribution is -2.39. The van der Waals surface area contributed by atoms with Crippen LogP contribution < -0.4 is 14.8 Å². The van der Waals surface area contributed by atoms with E-state index in [4.69, 9.17) is 9.47 Å². The number of ether oxygens (including phenoxy) is 2. The summed E-state index contributed by atoms with van der Waals surface area (Å²) < 4.78 is 89.7. The van der Waals surface area contributed by atoms with E-state index in [0.717, 1.165) is 17.6 Å². The molecule has 1 aliphatic carbocycles. The summed E-state index contributed by atoms with van der Waals surface area (Å²) in [6.45, 7) is 2.91. The van der Waals surface area contributed by atoms with Gasteiger partial charge in [-0.15, -0.1) is 0 Å². The van der Waals surface area contributed by atoms with Crippen LogP contribution >= 0.6 is 0 Å². The molecular weight excluding hydrogens is 474 g/mol. The Hall–Kier alpha value is -2.91. The van der Waals surface area contributed by atoms with Crippen LogP contribution in [0.15, 0.2) is 52.6 Å². The van der Waals surface area contributed by atoms with Gasteiger partial charge >= 0.3 is 6.18 Å². The summed E-state index contributed by atoms with van der Waals surface area (Å²) in [5, 5.41) is 2.41. The van der Waals surface area contributed by atoms with E-state index in [0.29, 0.717) is 29.7 Å². The number of dihydropyridines is 1. The highest BCUT2D eigenvalue weighted by atomic mass is 19.4. The maximum atomic E-state index is 14.1. The van der Waals surface area contributed by atoms with Crippen LogP contribution in [-0.2, 0) is 0 Å². The van der Waals surface area contributed by atoms with Crippen molar-refractivity contribution in [3.8, 4) is 11.5 Å². The molecule has 1 heterocycles. The van der Waals surface area contributed by atoms with Crippen LogP contribution in [-0.4, -0.2) is 38.1 Å². The van der Waals surface area contributed by atoms with Gasteiger partial charge in [-0.25, -0.2) is 13.2 Å². The molecule has 0 bridgehead atoms. The van der Waals surface area contributed by atoms with E-state index in [9.17, 15) is 26.3 Å². The zero-order valence-electron chi connectivity index (χ0n) is 19.7. The lowest BCUT2D eigenvalue weighted by molar-refractivity contribution is -0.0934. The van der Waals surface area contributed by atoms with Gasteiger partial charge in [0.15, 0.2) is 0 Å². The molecule has 1 fully saturated rings. The first-order chi connectivity index (χ1) is 16.4. The van der Waals surface area contributed by atoms with Gasteiger partial charge in [0.05, 0.1) is 18.4 Å². The Morgan fingerprint density at radius 2 is 1.97 bits per heavy atom. The molecule has 0 unspecified atom stereocenters. The molecule has 0 atom stereocenters. The Kier molecular flexibility index (Phi) is 8.22. The first-order valence-electron chi connectivity index (χ1n) is 11.3. The first kappa shape index (κ1) is 26.7. The average molecular weight is 502 g/mol. The highest BCUT2D eigenvalue weighted by Crippen LogP contribution is 2.43. The summed E-state index contributed by atoms with van der Waals surface area (Å²) >= 11 is 0. The lowest BCUT2D eigenvalue weighted by Gasteiger charge is -2.34. The van der Waals surface area contributed by atoms with Gasteiger partial charge in [0.2, 0.25) is 5.92 Å². The Morgan fingerprint density at radius 3 is 2.54 bits per heavy atom. The Morgan fingerprint density at radius 1 is 1.26 bits per heavy atom. The van der Waals surface area contributed by atoms with Crippen molar-refractivity contribution in [1.29, 1.82) is 0 Å². The number of hydrogen-bond donors (Lipinski definition) is 1. The fourth-order valence-corrected chi connectivity index (χ4v) is 3.84. The molecule has 0 amide bonds. The Labute approximate surface area is 200 Å². The zero-order chi connectivity index (χ0) is 25.8. The van der Waals surface area contributed by atoms with Crippen molar-refractivity contribution in [2.75, 3.05) is 20.3 Å². The van der Waals surface area contributed by atoms with Crippen LogP contribution in [0, 0.1) is 5.92 Å². The minimum atomic E-state index is -4.60. The number of allylic oxidation sites excluding steroid dienone is 3.